The highest BCUT2D eigenvalue weighted by atomic mass is 16.3. The second-order valence-corrected chi connectivity index (χ2v) is 4.72. The van der Waals surface area contributed by atoms with E-state index in [0.717, 1.165) is 24.1 Å². The number of hydrogen-bond acceptors (Lipinski definition) is 2. The second-order valence-electron chi connectivity index (χ2n) is 4.72. The zero-order valence-corrected chi connectivity index (χ0v) is 8.48. The van der Waals surface area contributed by atoms with Crippen molar-refractivity contribution in [3.63, 3.8) is 0 Å². The molecule has 1 aliphatic carbocycles. The molecule has 2 atom stereocenters. The lowest BCUT2D eigenvalue weighted by atomic mass is 10.0. The third-order valence-corrected chi connectivity index (χ3v) is 3.76. The molecule has 0 radical (unpaired) electrons. The Morgan fingerprint density at radius 2 is 2.07 bits per heavy atom. The van der Waals surface area contributed by atoms with Gasteiger partial charge in [-0.25, -0.2) is 0 Å². The average Bonchev–Trinajstić information content (AvgIpc) is 2.78. The standard InChI is InChI=1S/C12H17NO/c1-3-10-7-13(8-11(10)4-1)9-12-5-2-6-14-12/h2,5-6,10-11H,1,3-4,7-9H2/t10-,11-/m1/s1. The quantitative estimate of drug-likeness (QED) is 0.714. The van der Waals surface area contributed by atoms with E-state index in [1.54, 1.807) is 6.26 Å². The summed E-state index contributed by atoms with van der Waals surface area (Å²) in [5, 5.41) is 0. The molecule has 1 saturated heterocycles. The van der Waals surface area contributed by atoms with Crippen molar-refractivity contribution < 1.29 is 4.42 Å². The summed E-state index contributed by atoms with van der Waals surface area (Å²) in [4.78, 5) is 2.55. The minimum atomic E-state index is 0.991. The number of likely N-dealkylation sites (tertiary alicyclic amines) is 1. The van der Waals surface area contributed by atoms with Gasteiger partial charge in [0.1, 0.15) is 5.76 Å². The molecule has 0 N–H and O–H groups in total. The molecule has 3 rings (SSSR count). The molecule has 0 amide bonds. The first kappa shape index (κ1) is 8.54. The Morgan fingerprint density at radius 3 is 2.71 bits per heavy atom. The molecule has 1 aromatic rings. The Hall–Kier alpha value is -0.760. The van der Waals surface area contributed by atoms with Gasteiger partial charge in [-0.15, -0.1) is 0 Å². The summed E-state index contributed by atoms with van der Waals surface area (Å²) >= 11 is 0. The van der Waals surface area contributed by atoms with Gasteiger partial charge in [0, 0.05) is 13.1 Å². The molecule has 0 unspecified atom stereocenters. The van der Waals surface area contributed by atoms with Gasteiger partial charge < -0.3 is 4.42 Å². The fourth-order valence-electron chi connectivity index (χ4n) is 3.08. The van der Waals surface area contributed by atoms with Crippen LogP contribution in [0.2, 0.25) is 0 Å². The SMILES string of the molecule is c1coc(CN2C[C@H]3CCC[C@@H]3C2)c1. The predicted molar refractivity (Wildman–Crippen MR) is 54.8 cm³/mol. The van der Waals surface area contributed by atoms with E-state index in [1.807, 2.05) is 6.07 Å². The van der Waals surface area contributed by atoms with Crippen LogP contribution < -0.4 is 0 Å². The smallest absolute Gasteiger partial charge is 0.117 e. The fourth-order valence-corrected chi connectivity index (χ4v) is 3.08. The van der Waals surface area contributed by atoms with Gasteiger partial charge in [-0.1, -0.05) is 6.42 Å². The maximum absolute atomic E-state index is 5.38. The van der Waals surface area contributed by atoms with Gasteiger partial charge in [0.2, 0.25) is 0 Å². The summed E-state index contributed by atoms with van der Waals surface area (Å²) in [6.07, 6.45) is 6.15. The van der Waals surface area contributed by atoms with Gasteiger partial charge in [0.25, 0.3) is 0 Å². The summed E-state index contributed by atoms with van der Waals surface area (Å²) in [7, 11) is 0. The van der Waals surface area contributed by atoms with Crippen molar-refractivity contribution in [1.82, 2.24) is 4.90 Å². The van der Waals surface area contributed by atoms with Crippen LogP contribution in [0.25, 0.3) is 0 Å². The first-order chi connectivity index (χ1) is 6.92. The third kappa shape index (κ3) is 1.48. The largest absolute Gasteiger partial charge is 0.468 e. The van der Waals surface area contributed by atoms with Crippen LogP contribution in [0.4, 0.5) is 0 Å². The van der Waals surface area contributed by atoms with Crippen molar-refractivity contribution in [3.8, 4) is 0 Å². The highest BCUT2D eigenvalue weighted by Gasteiger charge is 2.35. The van der Waals surface area contributed by atoms with Crippen LogP contribution in [0.15, 0.2) is 22.8 Å². The van der Waals surface area contributed by atoms with Crippen LogP contribution in [-0.2, 0) is 6.54 Å². The van der Waals surface area contributed by atoms with Crippen molar-refractivity contribution in [2.75, 3.05) is 13.1 Å². The Morgan fingerprint density at radius 1 is 1.29 bits per heavy atom. The second kappa shape index (κ2) is 3.43. The molecule has 2 aliphatic rings. The van der Waals surface area contributed by atoms with Crippen molar-refractivity contribution in [2.45, 2.75) is 25.8 Å². The van der Waals surface area contributed by atoms with E-state index in [-0.39, 0.29) is 0 Å². The first-order valence-corrected chi connectivity index (χ1v) is 5.66. The van der Waals surface area contributed by atoms with Crippen LogP contribution in [0.1, 0.15) is 25.0 Å². The molecule has 2 heterocycles. The van der Waals surface area contributed by atoms with Crippen molar-refractivity contribution in [3.05, 3.63) is 24.2 Å². The Labute approximate surface area is 84.9 Å². The van der Waals surface area contributed by atoms with E-state index in [9.17, 15) is 0 Å². The van der Waals surface area contributed by atoms with E-state index < -0.39 is 0 Å². The summed E-state index contributed by atoms with van der Waals surface area (Å²) in [6, 6.07) is 4.06. The molecule has 0 aromatic carbocycles. The van der Waals surface area contributed by atoms with Gasteiger partial charge in [-0.2, -0.15) is 0 Å². The van der Waals surface area contributed by atoms with Crippen LogP contribution in [0.5, 0.6) is 0 Å². The number of furan rings is 1. The van der Waals surface area contributed by atoms with E-state index >= 15 is 0 Å². The highest BCUT2D eigenvalue weighted by Crippen LogP contribution is 2.38. The van der Waals surface area contributed by atoms with Crippen LogP contribution in [-0.4, -0.2) is 18.0 Å². The topological polar surface area (TPSA) is 16.4 Å². The lowest BCUT2D eigenvalue weighted by Gasteiger charge is -2.14. The van der Waals surface area contributed by atoms with E-state index in [2.05, 4.69) is 11.0 Å². The van der Waals surface area contributed by atoms with Gasteiger partial charge in [0.05, 0.1) is 12.8 Å². The van der Waals surface area contributed by atoms with Gasteiger partial charge in [-0.3, -0.25) is 4.90 Å². The lowest BCUT2D eigenvalue weighted by Crippen LogP contribution is -2.20. The molecule has 2 heteroatoms. The molecule has 1 aromatic heterocycles. The predicted octanol–water partition coefficient (Wildman–Crippen LogP) is 2.51. The van der Waals surface area contributed by atoms with Crippen LogP contribution in [0.3, 0.4) is 0 Å². The van der Waals surface area contributed by atoms with Crippen molar-refractivity contribution in [1.29, 1.82) is 0 Å². The Bertz CT molecular complexity index is 281. The van der Waals surface area contributed by atoms with E-state index in [1.165, 1.54) is 32.4 Å². The van der Waals surface area contributed by atoms with Crippen LogP contribution >= 0.6 is 0 Å². The van der Waals surface area contributed by atoms with E-state index in [0.29, 0.717) is 0 Å². The lowest BCUT2D eigenvalue weighted by molar-refractivity contribution is 0.276. The van der Waals surface area contributed by atoms with Gasteiger partial charge in [0.15, 0.2) is 0 Å². The number of hydrogen-bond donors (Lipinski definition) is 0. The zero-order valence-electron chi connectivity index (χ0n) is 8.48. The van der Waals surface area contributed by atoms with Crippen molar-refractivity contribution >= 4 is 0 Å². The normalized spacial score (nSPS) is 32.3. The monoisotopic (exact) mass is 191 g/mol. The Kier molecular flexibility index (Phi) is 2.09. The molecule has 14 heavy (non-hydrogen) atoms. The summed E-state index contributed by atoms with van der Waals surface area (Å²) in [6.45, 7) is 3.61. The number of rotatable bonds is 2. The zero-order chi connectivity index (χ0) is 9.38. The molecule has 2 fully saturated rings. The highest BCUT2D eigenvalue weighted by molar-refractivity contribution is 4.99. The van der Waals surface area contributed by atoms with Crippen molar-refractivity contribution in [2.24, 2.45) is 11.8 Å². The third-order valence-electron chi connectivity index (χ3n) is 3.76. The molecule has 76 valence electrons. The molecule has 1 aliphatic heterocycles. The number of fused-ring (bicyclic) bond motifs is 1. The number of nitrogens with zero attached hydrogens (tertiary/aromatic N) is 1. The maximum atomic E-state index is 5.38. The minimum Gasteiger partial charge on any atom is -0.468 e. The molecular formula is C12H17NO. The molecule has 0 spiro atoms. The molecule has 2 nitrogen and oxygen atoms in total. The summed E-state index contributed by atoms with van der Waals surface area (Å²) in [5.74, 6) is 3.10. The van der Waals surface area contributed by atoms with Gasteiger partial charge >= 0.3 is 0 Å². The van der Waals surface area contributed by atoms with Gasteiger partial charge in [-0.05, 0) is 36.8 Å². The van der Waals surface area contributed by atoms with E-state index in [4.69, 9.17) is 4.42 Å². The minimum absolute atomic E-state index is 0.991. The summed E-state index contributed by atoms with van der Waals surface area (Å²) in [5.41, 5.74) is 0. The molecular weight excluding hydrogens is 174 g/mol. The van der Waals surface area contributed by atoms with Crippen LogP contribution in [0, 0.1) is 11.8 Å². The maximum Gasteiger partial charge on any atom is 0.117 e. The fraction of sp³-hybridized carbons (Fsp3) is 0.667. The molecule has 1 saturated carbocycles. The average molecular weight is 191 g/mol. The Balaban J connectivity index is 1.61. The molecule has 0 bridgehead atoms. The summed E-state index contributed by atoms with van der Waals surface area (Å²) < 4.78 is 5.38. The first-order valence-electron chi connectivity index (χ1n) is 5.66.